The Labute approximate surface area is 104 Å². The Balaban J connectivity index is 2.43. The second-order valence-corrected chi connectivity index (χ2v) is 5.08. The molecule has 0 aliphatic carbocycles. The topological polar surface area (TPSA) is 53.1 Å². The van der Waals surface area contributed by atoms with Crippen molar-refractivity contribution in [3.05, 3.63) is 55.4 Å². The molecule has 1 aromatic carbocycles. The Morgan fingerprint density at radius 1 is 1.38 bits per heavy atom. The molecule has 1 aromatic heterocycles. The third kappa shape index (κ3) is 2.10. The first-order chi connectivity index (χ1) is 7.58. The van der Waals surface area contributed by atoms with E-state index >= 15 is 0 Å². The number of hydrogen-bond donors (Lipinski definition) is 2. The number of hydrogen-bond acceptors (Lipinski definition) is 3. The van der Waals surface area contributed by atoms with Crippen LogP contribution in [0.15, 0.2) is 40.1 Å². The highest BCUT2D eigenvalue weighted by Crippen LogP contribution is 2.30. The number of halogens is 1. The molecule has 2 N–H and O–H groups in total. The van der Waals surface area contributed by atoms with Gasteiger partial charge in [0, 0.05) is 4.47 Å². The Bertz CT molecular complexity index is 583. The van der Waals surface area contributed by atoms with Gasteiger partial charge in [-0.3, -0.25) is 9.78 Å². The fourth-order valence-corrected chi connectivity index (χ4v) is 2.29. The highest BCUT2D eigenvalue weighted by atomic mass is 79.9. The van der Waals surface area contributed by atoms with E-state index < -0.39 is 0 Å². The normalized spacial score (nSPS) is 10.3. The highest BCUT2D eigenvalue weighted by molar-refractivity contribution is 9.10. The molecule has 0 aliphatic heterocycles. The Hall–Kier alpha value is -1.33. The van der Waals surface area contributed by atoms with Crippen molar-refractivity contribution >= 4 is 32.8 Å². The van der Waals surface area contributed by atoms with Crippen LogP contribution in [0.4, 0.5) is 0 Å². The van der Waals surface area contributed by atoms with Crippen molar-refractivity contribution in [2.45, 2.75) is 0 Å². The summed E-state index contributed by atoms with van der Waals surface area (Å²) in [5.41, 5.74) is 1.50. The van der Waals surface area contributed by atoms with E-state index in [1.54, 1.807) is 0 Å². The van der Waals surface area contributed by atoms with E-state index in [4.69, 9.17) is 0 Å². The second-order valence-electron chi connectivity index (χ2n) is 3.18. The first-order valence-corrected chi connectivity index (χ1v) is 6.06. The van der Waals surface area contributed by atoms with Crippen LogP contribution >= 0.6 is 27.3 Å². The van der Waals surface area contributed by atoms with Crippen molar-refractivity contribution in [1.29, 1.82) is 0 Å². The molecule has 0 fully saturated rings. The number of aromatic amines is 1. The van der Waals surface area contributed by atoms with Crippen LogP contribution in [0.2, 0.25) is 0 Å². The van der Waals surface area contributed by atoms with E-state index in [0.29, 0.717) is 10.5 Å². The zero-order valence-electron chi connectivity index (χ0n) is 8.16. The average molecular weight is 298 g/mol. The van der Waals surface area contributed by atoms with E-state index in [1.807, 2.05) is 24.3 Å². The summed E-state index contributed by atoms with van der Waals surface area (Å²) in [5, 5.41) is 9.50. The summed E-state index contributed by atoms with van der Waals surface area (Å²) in [5.74, 6) is -0.122. The molecule has 0 unspecified atom stereocenters. The highest BCUT2D eigenvalue weighted by Gasteiger charge is 2.11. The molecule has 2 aromatic rings. The lowest BCUT2D eigenvalue weighted by atomic mass is 10.1. The maximum absolute atomic E-state index is 11.1. The fraction of sp³-hybridized carbons (Fsp3) is 0. The van der Waals surface area contributed by atoms with Gasteiger partial charge in [0.25, 0.3) is 0 Å². The van der Waals surface area contributed by atoms with Crippen molar-refractivity contribution < 1.29 is 5.11 Å². The third-order valence-corrected chi connectivity index (χ3v) is 3.56. The quantitative estimate of drug-likeness (QED) is 0.895. The van der Waals surface area contributed by atoms with Crippen molar-refractivity contribution in [3.8, 4) is 5.88 Å². The molecule has 0 saturated carbocycles. The number of thiazole rings is 1. The zero-order valence-corrected chi connectivity index (χ0v) is 10.6. The smallest absolute Gasteiger partial charge is 0.307 e. The molecule has 0 saturated heterocycles. The molecule has 16 heavy (non-hydrogen) atoms. The maximum atomic E-state index is 11.1. The lowest BCUT2D eigenvalue weighted by molar-refractivity contribution is 0.455. The fourth-order valence-electron chi connectivity index (χ4n) is 1.31. The van der Waals surface area contributed by atoms with Gasteiger partial charge < -0.3 is 5.11 Å². The Kier molecular flexibility index (Phi) is 2.98. The van der Waals surface area contributed by atoms with Crippen LogP contribution in [0.3, 0.4) is 0 Å². The lowest BCUT2D eigenvalue weighted by Crippen LogP contribution is -1.89. The molecule has 2 rings (SSSR count). The molecule has 0 atom stereocenters. The van der Waals surface area contributed by atoms with Gasteiger partial charge in [-0.15, -0.1) is 0 Å². The molecular formula is C11H8BrNO2S. The van der Waals surface area contributed by atoms with Gasteiger partial charge in [0.1, 0.15) is 0 Å². The van der Waals surface area contributed by atoms with Gasteiger partial charge in [-0.25, -0.2) is 0 Å². The molecule has 1 heterocycles. The van der Waals surface area contributed by atoms with E-state index in [1.165, 1.54) is 0 Å². The SMILES string of the molecule is C=C(c1ccc(Br)cc1)c1sc(=O)[nH]c1O. The Morgan fingerprint density at radius 3 is 2.50 bits per heavy atom. The van der Waals surface area contributed by atoms with Crippen LogP contribution in [0.25, 0.3) is 5.57 Å². The van der Waals surface area contributed by atoms with E-state index in [2.05, 4.69) is 27.5 Å². The molecule has 82 valence electrons. The number of benzene rings is 1. The van der Waals surface area contributed by atoms with Crippen molar-refractivity contribution in [1.82, 2.24) is 4.98 Å². The predicted molar refractivity (Wildman–Crippen MR) is 68.9 cm³/mol. The second kappa shape index (κ2) is 4.27. The maximum Gasteiger partial charge on any atom is 0.307 e. The van der Waals surface area contributed by atoms with Crippen LogP contribution in [-0.2, 0) is 0 Å². The summed E-state index contributed by atoms with van der Waals surface area (Å²) in [6.45, 7) is 3.88. The first kappa shape index (κ1) is 11.2. The standard InChI is InChI=1S/C11H8BrNO2S/c1-6(7-2-4-8(12)5-3-7)9-10(14)13-11(15)16-9/h2-5,14H,1H2,(H,13,15). The molecule has 0 radical (unpaired) electrons. The predicted octanol–water partition coefficient (Wildman–Crippen LogP) is 2.97. The van der Waals surface area contributed by atoms with Crippen LogP contribution in [0.5, 0.6) is 5.88 Å². The number of aromatic nitrogens is 1. The van der Waals surface area contributed by atoms with Gasteiger partial charge in [-0.2, -0.15) is 0 Å². The minimum absolute atomic E-state index is 0.122. The van der Waals surface area contributed by atoms with Crippen LogP contribution in [0.1, 0.15) is 10.4 Å². The number of nitrogens with one attached hydrogen (secondary N) is 1. The van der Waals surface area contributed by atoms with Crippen LogP contribution in [0, 0.1) is 0 Å². The van der Waals surface area contributed by atoms with Crippen molar-refractivity contribution in [2.75, 3.05) is 0 Å². The number of rotatable bonds is 2. The summed E-state index contributed by atoms with van der Waals surface area (Å²) in [4.78, 5) is 13.6. The zero-order chi connectivity index (χ0) is 11.7. The Morgan fingerprint density at radius 2 is 2.00 bits per heavy atom. The minimum Gasteiger partial charge on any atom is -0.493 e. The number of H-pyrrole nitrogens is 1. The third-order valence-electron chi connectivity index (χ3n) is 2.10. The van der Waals surface area contributed by atoms with Gasteiger partial charge in [0.2, 0.25) is 5.88 Å². The van der Waals surface area contributed by atoms with E-state index in [9.17, 15) is 9.90 Å². The van der Waals surface area contributed by atoms with Gasteiger partial charge in [-0.05, 0) is 23.3 Å². The molecule has 0 bridgehead atoms. The van der Waals surface area contributed by atoms with Gasteiger partial charge in [0.05, 0.1) is 4.88 Å². The minimum atomic E-state index is -0.286. The molecule has 0 spiro atoms. The van der Waals surface area contributed by atoms with Crippen LogP contribution in [-0.4, -0.2) is 10.1 Å². The average Bonchev–Trinajstić information content (AvgIpc) is 2.58. The van der Waals surface area contributed by atoms with Gasteiger partial charge in [0.15, 0.2) is 0 Å². The van der Waals surface area contributed by atoms with Gasteiger partial charge >= 0.3 is 4.87 Å². The molecule has 5 heteroatoms. The summed E-state index contributed by atoms with van der Waals surface area (Å²) in [6, 6.07) is 7.51. The van der Waals surface area contributed by atoms with Crippen molar-refractivity contribution in [3.63, 3.8) is 0 Å². The summed E-state index contributed by atoms with van der Waals surface area (Å²) < 4.78 is 0.968. The number of aromatic hydroxyl groups is 1. The molecular weight excluding hydrogens is 290 g/mol. The van der Waals surface area contributed by atoms with Gasteiger partial charge in [-0.1, -0.05) is 46.0 Å². The lowest BCUT2D eigenvalue weighted by Gasteiger charge is -2.03. The van der Waals surface area contributed by atoms with E-state index in [0.717, 1.165) is 21.4 Å². The van der Waals surface area contributed by atoms with Crippen molar-refractivity contribution in [2.24, 2.45) is 0 Å². The first-order valence-electron chi connectivity index (χ1n) is 4.45. The van der Waals surface area contributed by atoms with Crippen LogP contribution < -0.4 is 4.87 Å². The molecule has 0 aliphatic rings. The monoisotopic (exact) mass is 297 g/mol. The molecule has 0 amide bonds. The summed E-state index contributed by atoms with van der Waals surface area (Å²) in [6.07, 6.45) is 0. The van der Waals surface area contributed by atoms with E-state index in [-0.39, 0.29) is 10.8 Å². The summed E-state index contributed by atoms with van der Waals surface area (Å²) in [7, 11) is 0. The summed E-state index contributed by atoms with van der Waals surface area (Å²) >= 11 is 4.29. The molecule has 3 nitrogen and oxygen atoms in total. The largest absolute Gasteiger partial charge is 0.493 e.